The van der Waals surface area contributed by atoms with Gasteiger partial charge in [-0.3, -0.25) is 9.69 Å². The zero-order chi connectivity index (χ0) is 12.0. The van der Waals surface area contributed by atoms with Crippen molar-refractivity contribution in [3.05, 3.63) is 0 Å². The van der Waals surface area contributed by atoms with E-state index in [-0.39, 0.29) is 24.5 Å². The van der Waals surface area contributed by atoms with Gasteiger partial charge < -0.3 is 15.6 Å². The molecule has 1 saturated heterocycles. The van der Waals surface area contributed by atoms with Crippen molar-refractivity contribution in [1.82, 2.24) is 4.90 Å². The van der Waals surface area contributed by atoms with Crippen LogP contribution in [0.25, 0.3) is 0 Å². The zero-order valence-electron chi connectivity index (χ0n) is 9.89. The van der Waals surface area contributed by atoms with Crippen LogP contribution in [0.15, 0.2) is 0 Å². The van der Waals surface area contributed by atoms with Crippen LogP contribution >= 0.6 is 0 Å². The molecule has 2 atom stereocenters. The van der Waals surface area contributed by atoms with E-state index < -0.39 is 0 Å². The van der Waals surface area contributed by atoms with E-state index in [1.807, 2.05) is 6.92 Å². The first-order valence-electron chi connectivity index (χ1n) is 5.90. The Hall–Kier alpha value is -0.650. The molecule has 1 fully saturated rings. The lowest BCUT2D eigenvalue weighted by atomic mass is 9.92. The number of piperidine rings is 1. The number of aliphatic hydroxyl groups excluding tert-OH is 1. The second-order valence-corrected chi connectivity index (χ2v) is 4.35. The first-order chi connectivity index (χ1) is 7.65. The monoisotopic (exact) mass is 230 g/mol. The molecule has 0 spiro atoms. The first kappa shape index (κ1) is 13.4. The number of carbonyl (C=O) groups is 1. The van der Waals surface area contributed by atoms with Gasteiger partial charge in [0.25, 0.3) is 0 Å². The molecule has 0 aromatic rings. The number of hydrogen-bond acceptors (Lipinski definition) is 5. The molecule has 1 rings (SSSR count). The molecular weight excluding hydrogens is 208 g/mol. The minimum absolute atomic E-state index is 0.0970. The molecule has 1 aliphatic rings. The highest BCUT2D eigenvalue weighted by Gasteiger charge is 2.26. The largest absolute Gasteiger partial charge is 0.466 e. The SMILES string of the molecule is CCOC(=O)CC1CC(N)CN(CCO)C1. The first-order valence-corrected chi connectivity index (χ1v) is 5.90. The van der Waals surface area contributed by atoms with Gasteiger partial charge in [0.05, 0.1) is 13.2 Å². The molecule has 1 heterocycles. The maximum Gasteiger partial charge on any atom is 0.306 e. The average Bonchev–Trinajstić information content (AvgIpc) is 2.17. The summed E-state index contributed by atoms with van der Waals surface area (Å²) in [5.41, 5.74) is 5.92. The highest BCUT2D eigenvalue weighted by molar-refractivity contribution is 5.69. The number of hydrogen-bond donors (Lipinski definition) is 2. The van der Waals surface area contributed by atoms with Gasteiger partial charge in [-0.1, -0.05) is 0 Å². The number of nitrogens with two attached hydrogens (primary N) is 1. The summed E-state index contributed by atoms with van der Waals surface area (Å²) in [6, 6.07) is 0.0970. The summed E-state index contributed by atoms with van der Waals surface area (Å²) in [6.45, 7) is 4.64. The second-order valence-electron chi connectivity index (χ2n) is 4.35. The third-order valence-corrected chi connectivity index (χ3v) is 2.82. The molecule has 0 aromatic carbocycles. The third-order valence-electron chi connectivity index (χ3n) is 2.82. The Bertz CT molecular complexity index is 223. The van der Waals surface area contributed by atoms with Crippen molar-refractivity contribution >= 4 is 5.97 Å². The van der Waals surface area contributed by atoms with Gasteiger partial charge in [0.15, 0.2) is 0 Å². The van der Waals surface area contributed by atoms with Gasteiger partial charge in [-0.2, -0.15) is 0 Å². The maximum absolute atomic E-state index is 11.4. The van der Waals surface area contributed by atoms with E-state index in [1.54, 1.807) is 0 Å². The fourth-order valence-electron chi connectivity index (χ4n) is 2.28. The van der Waals surface area contributed by atoms with Gasteiger partial charge in [-0.15, -0.1) is 0 Å². The predicted molar refractivity (Wildman–Crippen MR) is 60.9 cm³/mol. The number of esters is 1. The molecule has 1 aliphatic heterocycles. The highest BCUT2D eigenvalue weighted by Crippen LogP contribution is 2.19. The van der Waals surface area contributed by atoms with Gasteiger partial charge in [0, 0.05) is 32.1 Å². The van der Waals surface area contributed by atoms with Gasteiger partial charge in [0.2, 0.25) is 0 Å². The Labute approximate surface area is 96.6 Å². The van der Waals surface area contributed by atoms with Crippen molar-refractivity contribution in [3.63, 3.8) is 0 Å². The van der Waals surface area contributed by atoms with Crippen molar-refractivity contribution in [3.8, 4) is 0 Å². The molecule has 0 radical (unpaired) electrons. The molecule has 0 aromatic heterocycles. The van der Waals surface area contributed by atoms with Crippen molar-refractivity contribution in [2.75, 3.05) is 32.8 Å². The standard InChI is InChI=1S/C11H22N2O3/c1-2-16-11(15)6-9-5-10(12)8-13(7-9)3-4-14/h9-10,14H,2-8,12H2,1H3. The second kappa shape index (κ2) is 6.83. The van der Waals surface area contributed by atoms with Crippen LogP contribution in [0.4, 0.5) is 0 Å². The molecule has 94 valence electrons. The summed E-state index contributed by atoms with van der Waals surface area (Å²) in [5.74, 6) is 0.111. The number of likely N-dealkylation sites (tertiary alicyclic amines) is 1. The van der Waals surface area contributed by atoms with Crippen LogP contribution in [-0.2, 0) is 9.53 Å². The third kappa shape index (κ3) is 4.47. The Kier molecular flexibility index (Phi) is 5.73. The topological polar surface area (TPSA) is 75.8 Å². The van der Waals surface area contributed by atoms with Crippen LogP contribution in [0.1, 0.15) is 19.8 Å². The van der Waals surface area contributed by atoms with Crippen LogP contribution in [0.3, 0.4) is 0 Å². The Balaban J connectivity index is 2.37. The molecular formula is C11H22N2O3. The normalized spacial score (nSPS) is 26.7. The smallest absolute Gasteiger partial charge is 0.306 e. The minimum Gasteiger partial charge on any atom is -0.466 e. The van der Waals surface area contributed by atoms with Crippen molar-refractivity contribution < 1.29 is 14.6 Å². The summed E-state index contributed by atoms with van der Waals surface area (Å²) < 4.78 is 4.93. The molecule has 3 N–H and O–H groups in total. The van der Waals surface area contributed by atoms with Crippen molar-refractivity contribution in [2.24, 2.45) is 11.7 Å². The van der Waals surface area contributed by atoms with Gasteiger partial charge in [-0.05, 0) is 19.3 Å². The van der Waals surface area contributed by atoms with Crippen LogP contribution in [-0.4, -0.2) is 54.9 Å². The lowest BCUT2D eigenvalue weighted by Gasteiger charge is -2.35. The van der Waals surface area contributed by atoms with Gasteiger partial charge in [-0.25, -0.2) is 0 Å². The Morgan fingerprint density at radius 1 is 1.56 bits per heavy atom. The molecule has 2 unspecified atom stereocenters. The van der Waals surface area contributed by atoms with E-state index in [0.717, 1.165) is 19.5 Å². The van der Waals surface area contributed by atoms with Crippen LogP contribution in [0.5, 0.6) is 0 Å². The van der Waals surface area contributed by atoms with E-state index >= 15 is 0 Å². The minimum atomic E-state index is -0.148. The lowest BCUT2D eigenvalue weighted by Crippen LogP contribution is -2.48. The quantitative estimate of drug-likeness (QED) is 0.627. The molecule has 0 aliphatic carbocycles. The maximum atomic E-state index is 11.4. The van der Waals surface area contributed by atoms with E-state index in [0.29, 0.717) is 19.6 Å². The molecule has 5 nitrogen and oxygen atoms in total. The number of aliphatic hydroxyl groups is 1. The summed E-state index contributed by atoms with van der Waals surface area (Å²) in [6.07, 6.45) is 1.30. The lowest BCUT2D eigenvalue weighted by molar-refractivity contribution is -0.144. The number of rotatable bonds is 5. The number of β-amino-alcohol motifs (C(OH)–C–C–N with tert-alkyl or cyclic N) is 1. The molecule has 0 saturated carbocycles. The molecule has 0 amide bonds. The van der Waals surface area contributed by atoms with Crippen molar-refractivity contribution in [2.45, 2.75) is 25.8 Å². The van der Waals surface area contributed by atoms with E-state index in [4.69, 9.17) is 15.6 Å². The molecule has 5 heteroatoms. The average molecular weight is 230 g/mol. The van der Waals surface area contributed by atoms with E-state index in [1.165, 1.54) is 0 Å². The summed E-state index contributed by atoms with van der Waals surface area (Å²) in [4.78, 5) is 13.5. The van der Waals surface area contributed by atoms with Gasteiger partial charge >= 0.3 is 5.97 Å². The fourth-order valence-corrected chi connectivity index (χ4v) is 2.28. The summed E-state index contributed by atoms with van der Waals surface area (Å²) in [5, 5.41) is 8.88. The Morgan fingerprint density at radius 2 is 2.31 bits per heavy atom. The Morgan fingerprint density at radius 3 is 2.94 bits per heavy atom. The molecule has 16 heavy (non-hydrogen) atoms. The zero-order valence-corrected chi connectivity index (χ0v) is 9.89. The number of carbonyl (C=O) groups excluding carboxylic acids is 1. The van der Waals surface area contributed by atoms with Crippen LogP contribution in [0, 0.1) is 5.92 Å². The van der Waals surface area contributed by atoms with E-state index in [9.17, 15) is 4.79 Å². The van der Waals surface area contributed by atoms with Crippen LogP contribution < -0.4 is 5.73 Å². The number of ether oxygens (including phenoxy) is 1. The predicted octanol–water partition coefficient (Wildman–Crippen LogP) is -0.419. The summed E-state index contributed by atoms with van der Waals surface area (Å²) in [7, 11) is 0. The molecule has 0 bridgehead atoms. The van der Waals surface area contributed by atoms with E-state index in [2.05, 4.69) is 4.90 Å². The fraction of sp³-hybridized carbons (Fsp3) is 0.909. The van der Waals surface area contributed by atoms with Crippen LogP contribution in [0.2, 0.25) is 0 Å². The summed E-state index contributed by atoms with van der Waals surface area (Å²) >= 11 is 0. The number of nitrogens with zero attached hydrogens (tertiary/aromatic N) is 1. The van der Waals surface area contributed by atoms with Gasteiger partial charge in [0.1, 0.15) is 0 Å². The van der Waals surface area contributed by atoms with Crippen molar-refractivity contribution in [1.29, 1.82) is 0 Å². The highest BCUT2D eigenvalue weighted by atomic mass is 16.5.